The average molecular weight is 238 g/mol. The van der Waals surface area contributed by atoms with Crippen LogP contribution in [-0.2, 0) is 0 Å². The Morgan fingerprint density at radius 2 is 1.53 bits per heavy atom. The summed E-state index contributed by atoms with van der Waals surface area (Å²) in [5.74, 6) is 0.587. The SMILES string of the molecule is CC1(C)CCC[C@]2(C)C3[C@H](O)C[C@]2(C)[C@@H](O)[C@H]31. The van der Waals surface area contributed by atoms with Gasteiger partial charge in [-0.2, -0.15) is 0 Å². The number of aliphatic hydroxyl groups is 2. The van der Waals surface area contributed by atoms with Crippen molar-refractivity contribution in [2.45, 2.75) is 65.6 Å². The molecular weight excluding hydrogens is 212 g/mol. The van der Waals surface area contributed by atoms with Crippen molar-refractivity contribution in [1.29, 1.82) is 0 Å². The van der Waals surface area contributed by atoms with E-state index in [2.05, 4.69) is 27.7 Å². The lowest BCUT2D eigenvalue weighted by molar-refractivity contribution is -0.0850. The molecular formula is C15H26O2. The number of hydrogen-bond donors (Lipinski definition) is 2. The molecule has 0 aromatic heterocycles. The smallest absolute Gasteiger partial charge is 0.0637 e. The zero-order valence-corrected chi connectivity index (χ0v) is 11.5. The van der Waals surface area contributed by atoms with E-state index >= 15 is 0 Å². The maximum Gasteiger partial charge on any atom is 0.0637 e. The average Bonchev–Trinajstić information content (AvgIpc) is 2.44. The van der Waals surface area contributed by atoms with Crippen LogP contribution in [0.15, 0.2) is 0 Å². The molecule has 4 bridgehead atoms. The van der Waals surface area contributed by atoms with Crippen molar-refractivity contribution in [3.8, 4) is 0 Å². The normalized spacial score (nSPS) is 60.4. The summed E-state index contributed by atoms with van der Waals surface area (Å²) in [7, 11) is 0. The van der Waals surface area contributed by atoms with E-state index in [1.165, 1.54) is 19.3 Å². The molecule has 17 heavy (non-hydrogen) atoms. The Kier molecular flexibility index (Phi) is 2.17. The van der Waals surface area contributed by atoms with Gasteiger partial charge < -0.3 is 10.2 Å². The third kappa shape index (κ3) is 1.14. The molecule has 98 valence electrons. The number of aliphatic hydroxyl groups excluding tert-OH is 2. The Morgan fingerprint density at radius 3 is 2.18 bits per heavy atom. The van der Waals surface area contributed by atoms with E-state index in [0.717, 1.165) is 6.42 Å². The van der Waals surface area contributed by atoms with Crippen LogP contribution in [0.4, 0.5) is 0 Å². The summed E-state index contributed by atoms with van der Waals surface area (Å²) in [5, 5.41) is 21.2. The van der Waals surface area contributed by atoms with Crippen molar-refractivity contribution >= 4 is 0 Å². The Hall–Kier alpha value is -0.0800. The summed E-state index contributed by atoms with van der Waals surface area (Å²) in [6.07, 6.45) is 3.96. The van der Waals surface area contributed by atoms with Crippen LogP contribution in [-0.4, -0.2) is 22.4 Å². The van der Waals surface area contributed by atoms with Crippen LogP contribution < -0.4 is 0 Å². The largest absolute Gasteiger partial charge is 0.393 e. The van der Waals surface area contributed by atoms with Gasteiger partial charge in [-0.25, -0.2) is 0 Å². The zero-order valence-electron chi connectivity index (χ0n) is 11.5. The van der Waals surface area contributed by atoms with E-state index < -0.39 is 0 Å². The van der Waals surface area contributed by atoms with Crippen LogP contribution in [0.3, 0.4) is 0 Å². The Morgan fingerprint density at radius 1 is 0.882 bits per heavy atom. The zero-order chi connectivity index (χ0) is 12.6. The minimum Gasteiger partial charge on any atom is -0.393 e. The first kappa shape index (κ1) is 12.0. The monoisotopic (exact) mass is 238 g/mol. The molecule has 0 spiro atoms. The summed E-state index contributed by atoms with van der Waals surface area (Å²) < 4.78 is 0. The molecule has 0 heterocycles. The fourth-order valence-corrected chi connectivity index (χ4v) is 5.73. The third-order valence-corrected chi connectivity index (χ3v) is 6.89. The molecule has 2 N–H and O–H groups in total. The van der Waals surface area contributed by atoms with Gasteiger partial charge in [-0.3, -0.25) is 0 Å². The van der Waals surface area contributed by atoms with Crippen LogP contribution in [0.25, 0.3) is 0 Å². The predicted octanol–water partition coefficient (Wildman–Crippen LogP) is 2.58. The van der Waals surface area contributed by atoms with Gasteiger partial charge in [-0.15, -0.1) is 0 Å². The van der Waals surface area contributed by atoms with Gasteiger partial charge in [-0.05, 0) is 41.9 Å². The Bertz CT molecular complexity index is 351. The van der Waals surface area contributed by atoms with Gasteiger partial charge in [0.1, 0.15) is 0 Å². The summed E-state index contributed by atoms with van der Waals surface area (Å²) in [6, 6.07) is 0. The summed E-state index contributed by atoms with van der Waals surface area (Å²) >= 11 is 0. The summed E-state index contributed by atoms with van der Waals surface area (Å²) in [4.78, 5) is 0. The maximum atomic E-state index is 10.8. The highest BCUT2D eigenvalue weighted by atomic mass is 16.3. The first-order valence-electron chi connectivity index (χ1n) is 7.10. The number of rotatable bonds is 0. The van der Waals surface area contributed by atoms with Crippen molar-refractivity contribution < 1.29 is 10.2 Å². The second-order valence-electron chi connectivity index (χ2n) is 7.94. The Labute approximate surface area is 104 Å². The molecule has 2 nitrogen and oxygen atoms in total. The predicted molar refractivity (Wildman–Crippen MR) is 67.5 cm³/mol. The molecule has 3 fully saturated rings. The molecule has 2 heteroatoms. The fraction of sp³-hybridized carbons (Fsp3) is 1.00. The van der Waals surface area contributed by atoms with Crippen LogP contribution in [0.1, 0.15) is 53.4 Å². The van der Waals surface area contributed by atoms with Crippen molar-refractivity contribution in [3.05, 3.63) is 0 Å². The van der Waals surface area contributed by atoms with E-state index in [4.69, 9.17) is 0 Å². The second-order valence-corrected chi connectivity index (χ2v) is 7.94. The van der Waals surface area contributed by atoms with Crippen molar-refractivity contribution in [2.24, 2.45) is 28.1 Å². The van der Waals surface area contributed by atoms with Gasteiger partial charge in [0.05, 0.1) is 12.2 Å². The lowest BCUT2D eigenvalue weighted by Gasteiger charge is -2.45. The molecule has 0 saturated heterocycles. The second kappa shape index (κ2) is 3.08. The molecule has 1 unspecified atom stereocenters. The van der Waals surface area contributed by atoms with Crippen LogP contribution in [0.5, 0.6) is 0 Å². The lowest BCUT2D eigenvalue weighted by atomic mass is 9.63. The minimum atomic E-state index is -0.226. The fourth-order valence-electron chi connectivity index (χ4n) is 5.73. The van der Waals surface area contributed by atoms with Gasteiger partial charge in [0.25, 0.3) is 0 Å². The first-order chi connectivity index (χ1) is 7.74. The van der Waals surface area contributed by atoms with E-state index in [1.54, 1.807) is 0 Å². The third-order valence-electron chi connectivity index (χ3n) is 6.89. The summed E-state index contributed by atoms with van der Waals surface area (Å²) in [6.45, 7) is 9.09. The van der Waals surface area contributed by atoms with Gasteiger partial charge in [-0.1, -0.05) is 34.1 Å². The van der Waals surface area contributed by atoms with E-state index in [0.29, 0.717) is 5.92 Å². The van der Waals surface area contributed by atoms with Crippen molar-refractivity contribution in [3.63, 3.8) is 0 Å². The molecule has 0 aromatic carbocycles. The van der Waals surface area contributed by atoms with E-state index in [-0.39, 0.29) is 34.4 Å². The lowest BCUT2D eigenvalue weighted by Crippen LogP contribution is -2.46. The first-order valence-corrected chi connectivity index (χ1v) is 7.10. The molecule has 0 aromatic rings. The quantitative estimate of drug-likeness (QED) is 0.681. The van der Waals surface area contributed by atoms with Crippen LogP contribution >= 0.6 is 0 Å². The molecule has 3 aliphatic carbocycles. The minimum absolute atomic E-state index is 0.0700. The molecule has 3 aliphatic rings. The topological polar surface area (TPSA) is 40.5 Å². The van der Waals surface area contributed by atoms with E-state index in [9.17, 15) is 10.2 Å². The molecule has 0 radical (unpaired) electrons. The highest BCUT2D eigenvalue weighted by Crippen LogP contribution is 2.73. The van der Waals surface area contributed by atoms with E-state index in [1.807, 2.05) is 0 Å². The molecule has 6 atom stereocenters. The molecule has 0 aliphatic heterocycles. The van der Waals surface area contributed by atoms with Crippen molar-refractivity contribution in [2.75, 3.05) is 0 Å². The molecule has 3 saturated carbocycles. The molecule has 0 amide bonds. The van der Waals surface area contributed by atoms with Crippen LogP contribution in [0, 0.1) is 28.1 Å². The summed E-state index contributed by atoms with van der Waals surface area (Å²) in [5.41, 5.74) is 0.241. The highest BCUT2D eigenvalue weighted by molar-refractivity contribution is 5.22. The van der Waals surface area contributed by atoms with Crippen LogP contribution in [0.2, 0.25) is 0 Å². The molecule has 3 rings (SSSR count). The maximum absolute atomic E-state index is 10.8. The van der Waals surface area contributed by atoms with Gasteiger partial charge in [0, 0.05) is 5.41 Å². The van der Waals surface area contributed by atoms with Gasteiger partial charge in [0.15, 0.2) is 0 Å². The highest BCUT2D eigenvalue weighted by Gasteiger charge is 2.73. The van der Waals surface area contributed by atoms with Gasteiger partial charge in [0.2, 0.25) is 0 Å². The number of hydrogen-bond acceptors (Lipinski definition) is 2. The standard InChI is InChI=1S/C15H26O2/c1-13(2)6-5-7-14(3)10-9(16)8-15(14,4)12(17)11(10)13/h9-12,16-17H,5-8H2,1-4H3/t9-,10?,11+,12+,14-,15-/m1/s1. The van der Waals surface area contributed by atoms with Crippen molar-refractivity contribution in [1.82, 2.24) is 0 Å². The Balaban J connectivity index is 2.15. The van der Waals surface area contributed by atoms with Gasteiger partial charge >= 0.3 is 0 Å².